The molecular formula is C14H15N3O3S2. The van der Waals surface area contributed by atoms with E-state index < -0.39 is 17.7 Å². The molecule has 0 unspecified atom stereocenters. The Balaban J connectivity index is 1.77. The third-order valence-electron chi connectivity index (χ3n) is 3.52. The fourth-order valence-electron chi connectivity index (χ4n) is 2.31. The second-order valence-electron chi connectivity index (χ2n) is 4.89. The number of hydrogen-bond acceptors (Lipinski definition) is 5. The molecule has 0 spiro atoms. The Hall–Kier alpha value is -1.90. The quantitative estimate of drug-likeness (QED) is 0.795. The van der Waals surface area contributed by atoms with Gasteiger partial charge in [0.25, 0.3) is 0 Å². The van der Waals surface area contributed by atoms with Crippen LogP contribution in [0.3, 0.4) is 0 Å². The van der Waals surface area contributed by atoms with E-state index in [1.807, 2.05) is 34.3 Å². The zero-order valence-electron chi connectivity index (χ0n) is 11.6. The second kappa shape index (κ2) is 6.07. The van der Waals surface area contributed by atoms with Crippen LogP contribution in [0.25, 0.3) is 0 Å². The molecule has 0 saturated carbocycles. The standard InChI is InChI=1S/C14H15N3O3S2/c18-12-15-4-5-17(12)13(19)16-9-14(20,10-3-7-21-8-10)11-2-1-6-22-11/h1-3,6-8,20H,4-5,9H2,(H,15,18)(H,16,19)/t14-/m1/s1. The lowest BCUT2D eigenvalue weighted by atomic mass is 9.94. The van der Waals surface area contributed by atoms with Crippen molar-refractivity contribution in [3.05, 3.63) is 44.8 Å². The maximum atomic E-state index is 12.1. The van der Waals surface area contributed by atoms with Gasteiger partial charge in [0.15, 0.2) is 0 Å². The summed E-state index contributed by atoms with van der Waals surface area (Å²) in [4.78, 5) is 25.4. The van der Waals surface area contributed by atoms with Crippen molar-refractivity contribution in [2.24, 2.45) is 0 Å². The SMILES string of the molecule is O=C1NCCN1C(=O)NC[C@@](O)(c1ccsc1)c1cccs1. The van der Waals surface area contributed by atoms with Crippen LogP contribution in [0.5, 0.6) is 0 Å². The van der Waals surface area contributed by atoms with Gasteiger partial charge in [-0.2, -0.15) is 11.3 Å². The van der Waals surface area contributed by atoms with Crippen molar-refractivity contribution in [3.8, 4) is 0 Å². The number of carbonyl (C=O) groups is 2. The lowest BCUT2D eigenvalue weighted by Crippen LogP contribution is -2.47. The zero-order chi connectivity index (χ0) is 15.6. The first kappa shape index (κ1) is 15.0. The van der Waals surface area contributed by atoms with E-state index in [4.69, 9.17) is 0 Å². The van der Waals surface area contributed by atoms with E-state index in [0.29, 0.717) is 13.1 Å². The highest BCUT2D eigenvalue weighted by molar-refractivity contribution is 7.10. The van der Waals surface area contributed by atoms with Gasteiger partial charge in [-0.3, -0.25) is 0 Å². The minimum atomic E-state index is -1.29. The number of thiophene rings is 2. The van der Waals surface area contributed by atoms with Crippen molar-refractivity contribution in [2.45, 2.75) is 5.60 Å². The van der Waals surface area contributed by atoms with E-state index in [9.17, 15) is 14.7 Å². The van der Waals surface area contributed by atoms with Crippen LogP contribution >= 0.6 is 22.7 Å². The molecule has 1 atom stereocenters. The number of carbonyl (C=O) groups excluding carboxylic acids is 2. The molecule has 1 aliphatic rings. The maximum absolute atomic E-state index is 12.1. The van der Waals surface area contributed by atoms with Crippen molar-refractivity contribution < 1.29 is 14.7 Å². The van der Waals surface area contributed by atoms with E-state index in [2.05, 4.69) is 10.6 Å². The molecule has 0 aliphatic carbocycles. The second-order valence-corrected chi connectivity index (χ2v) is 6.62. The molecule has 0 bridgehead atoms. The number of aliphatic hydroxyl groups is 1. The smallest absolute Gasteiger partial charge is 0.325 e. The third kappa shape index (κ3) is 2.72. The van der Waals surface area contributed by atoms with Crippen LogP contribution in [0, 0.1) is 0 Å². The largest absolute Gasteiger partial charge is 0.378 e. The molecule has 0 aromatic carbocycles. The van der Waals surface area contributed by atoms with Gasteiger partial charge in [0, 0.05) is 23.5 Å². The average molecular weight is 337 g/mol. The van der Waals surface area contributed by atoms with E-state index >= 15 is 0 Å². The van der Waals surface area contributed by atoms with Crippen LogP contribution < -0.4 is 10.6 Å². The highest BCUT2D eigenvalue weighted by atomic mass is 32.1. The Morgan fingerprint density at radius 1 is 1.45 bits per heavy atom. The summed E-state index contributed by atoms with van der Waals surface area (Å²) in [5.41, 5.74) is -0.564. The summed E-state index contributed by atoms with van der Waals surface area (Å²) in [7, 11) is 0. The van der Waals surface area contributed by atoms with Crippen LogP contribution in [0.1, 0.15) is 10.4 Å². The summed E-state index contributed by atoms with van der Waals surface area (Å²) in [5.74, 6) is 0. The Labute approximate surface area is 135 Å². The molecule has 3 heterocycles. The number of nitrogens with zero attached hydrogens (tertiary/aromatic N) is 1. The number of imide groups is 1. The summed E-state index contributed by atoms with van der Waals surface area (Å²) in [5, 5.41) is 21.9. The van der Waals surface area contributed by atoms with Gasteiger partial charge in [-0.1, -0.05) is 6.07 Å². The highest BCUT2D eigenvalue weighted by Gasteiger charge is 2.35. The Bertz CT molecular complexity index is 621. The van der Waals surface area contributed by atoms with Gasteiger partial charge in [-0.05, 0) is 28.3 Å². The van der Waals surface area contributed by atoms with Crippen LogP contribution in [0.2, 0.25) is 0 Å². The summed E-state index contributed by atoms with van der Waals surface area (Å²) in [6.07, 6.45) is 0. The first-order valence-electron chi connectivity index (χ1n) is 6.73. The average Bonchev–Trinajstić information content (AvgIpc) is 3.24. The first-order valence-corrected chi connectivity index (χ1v) is 8.56. The van der Waals surface area contributed by atoms with Crippen LogP contribution in [0.15, 0.2) is 34.3 Å². The van der Waals surface area contributed by atoms with E-state index in [0.717, 1.165) is 15.3 Å². The minimum absolute atomic E-state index is 0.00681. The fourth-order valence-corrected chi connectivity index (χ4v) is 3.88. The molecule has 2 aromatic rings. The predicted octanol–water partition coefficient (Wildman–Crippen LogP) is 1.78. The van der Waals surface area contributed by atoms with Gasteiger partial charge in [0.05, 0.1) is 6.54 Å². The van der Waals surface area contributed by atoms with Crippen LogP contribution in [-0.4, -0.2) is 41.7 Å². The first-order chi connectivity index (χ1) is 10.6. The zero-order valence-corrected chi connectivity index (χ0v) is 13.2. The van der Waals surface area contributed by atoms with Crippen molar-refractivity contribution in [3.63, 3.8) is 0 Å². The Kier molecular flexibility index (Phi) is 4.14. The van der Waals surface area contributed by atoms with Crippen molar-refractivity contribution in [1.82, 2.24) is 15.5 Å². The summed E-state index contributed by atoms with van der Waals surface area (Å²) in [6.45, 7) is 0.791. The molecule has 2 aromatic heterocycles. The molecule has 1 fully saturated rings. The molecule has 3 N–H and O–H groups in total. The number of hydrogen-bond donors (Lipinski definition) is 3. The normalized spacial score (nSPS) is 17.1. The predicted molar refractivity (Wildman–Crippen MR) is 85.1 cm³/mol. The van der Waals surface area contributed by atoms with Crippen molar-refractivity contribution in [2.75, 3.05) is 19.6 Å². The van der Waals surface area contributed by atoms with E-state index in [-0.39, 0.29) is 6.54 Å². The van der Waals surface area contributed by atoms with Crippen LogP contribution in [-0.2, 0) is 5.60 Å². The molecule has 1 aliphatic heterocycles. The monoisotopic (exact) mass is 337 g/mol. The molecule has 0 radical (unpaired) electrons. The number of rotatable bonds is 4. The number of urea groups is 2. The fraction of sp³-hybridized carbons (Fsp3) is 0.286. The third-order valence-corrected chi connectivity index (χ3v) is 5.23. The highest BCUT2D eigenvalue weighted by Crippen LogP contribution is 2.33. The molecule has 4 amide bonds. The molecule has 116 valence electrons. The van der Waals surface area contributed by atoms with Gasteiger partial charge in [-0.15, -0.1) is 11.3 Å². The van der Waals surface area contributed by atoms with Gasteiger partial charge >= 0.3 is 12.1 Å². The van der Waals surface area contributed by atoms with Gasteiger partial charge in [-0.25, -0.2) is 14.5 Å². The Morgan fingerprint density at radius 3 is 2.91 bits per heavy atom. The topological polar surface area (TPSA) is 81.7 Å². The lowest BCUT2D eigenvalue weighted by molar-refractivity contribution is 0.0848. The minimum Gasteiger partial charge on any atom is -0.378 e. The lowest BCUT2D eigenvalue weighted by Gasteiger charge is -2.27. The summed E-state index contributed by atoms with van der Waals surface area (Å²) >= 11 is 2.90. The van der Waals surface area contributed by atoms with Gasteiger partial charge in [0.1, 0.15) is 5.60 Å². The van der Waals surface area contributed by atoms with E-state index in [1.165, 1.54) is 22.7 Å². The molecule has 8 heteroatoms. The van der Waals surface area contributed by atoms with Crippen molar-refractivity contribution >= 4 is 34.7 Å². The summed E-state index contributed by atoms with van der Waals surface area (Å²) in [6, 6.07) is 4.61. The van der Waals surface area contributed by atoms with Crippen LogP contribution in [0.4, 0.5) is 9.59 Å². The molecule has 6 nitrogen and oxygen atoms in total. The number of amides is 4. The number of nitrogens with one attached hydrogen (secondary N) is 2. The molecular weight excluding hydrogens is 322 g/mol. The van der Waals surface area contributed by atoms with E-state index in [1.54, 1.807) is 0 Å². The molecule has 22 heavy (non-hydrogen) atoms. The summed E-state index contributed by atoms with van der Waals surface area (Å²) < 4.78 is 0. The van der Waals surface area contributed by atoms with Gasteiger partial charge in [0.2, 0.25) is 0 Å². The maximum Gasteiger partial charge on any atom is 0.325 e. The Morgan fingerprint density at radius 2 is 2.32 bits per heavy atom. The molecule has 1 saturated heterocycles. The van der Waals surface area contributed by atoms with Crippen molar-refractivity contribution in [1.29, 1.82) is 0 Å². The molecule has 3 rings (SSSR count). The van der Waals surface area contributed by atoms with Gasteiger partial charge < -0.3 is 15.7 Å².